The van der Waals surface area contributed by atoms with Crippen molar-refractivity contribution in [2.24, 2.45) is 0 Å². The van der Waals surface area contributed by atoms with Crippen LogP contribution in [0.25, 0.3) is 0 Å². The summed E-state index contributed by atoms with van der Waals surface area (Å²) >= 11 is 0. The van der Waals surface area contributed by atoms with Crippen molar-refractivity contribution in [2.45, 2.75) is 37.8 Å². The number of fused-ring (bicyclic) bond motifs is 1. The number of amides is 1. The Morgan fingerprint density at radius 1 is 1.19 bits per heavy atom. The summed E-state index contributed by atoms with van der Waals surface area (Å²) in [6.07, 6.45) is 1.87. The van der Waals surface area contributed by atoms with Crippen molar-refractivity contribution < 1.29 is 9.53 Å². The topological polar surface area (TPSA) is 32.8 Å². The van der Waals surface area contributed by atoms with Crippen LogP contribution in [0.5, 0.6) is 5.75 Å². The highest BCUT2D eigenvalue weighted by Crippen LogP contribution is 2.50. The lowest BCUT2D eigenvalue weighted by atomic mass is 9.93. The molecule has 1 unspecified atom stereocenters. The Kier molecular flexibility index (Phi) is 4.68. The van der Waals surface area contributed by atoms with E-state index >= 15 is 0 Å². The van der Waals surface area contributed by atoms with Gasteiger partial charge in [-0.15, -0.1) is 0 Å². The van der Waals surface area contributed by atoms with Crippen molar-refractivity contribution in [1.82, 2.24) is 9.80 Å². The summed E-state index contributed by atoms with van der Waals surface area (Å²) in [7, 11) is 4.10. The Morgan fingerprint density at radius 3 is 2.59 bits per heavy atom. The Labute approximate surface area is 161 Å². The van der Waals surface area contributed by atoms with Crippen LogP contribution in [0.3, 0.4) is 0 Å². The highest BCUT2D eigenvalue weighted by Gasteiger charge is 2.54. The maximum atomic E-state index is 13.8. The minimum Gasteiger partial charge on any atom is -0.491 e. The molecule has 0 aromatic heterocycles. The highest BCUT2D eigenvalue weighted by molar-refractivity contribution is 5.91. The largest absolute Gasteiger partial charge is 0.491 e. The molecule has 4 rings (SSSR count). The zero-order valence-corrected chi connectivity index (χ0v) is 16.4. The second kappa shape index (κ2) is 7.01. The summed E-state index contributed by atoms with van der Waals surface area (Å²) in [5.74, 6) is 1.16. The van der Waals surface area contributed by atoms with Crippen LogP contribution in [-0.4, -0.2) is 49.0 Å². The molecular formula is C23H28N2O2. The lowest BCUT2D eigenvalue weighted by molar-refractivity contribution is -0.137. The second-order valence-electron chi connectivity index (χ2n) is 8.22. The number of aryl methyl sites for hydroxylation is 1. The molecule has 1 atom stereocenters. The van der Waals surface area contributed by atoms with E-state index in [1.807, 2.05) is 24.3 Å². The van der Waals surface area contributed by atoms with Gasteiger partial charge >= 0.3 is 0 Å². The van der Waals surface area contributed by atoms with Gasteiger partial charge in [0.25, 0.3) is 0 Å². The summed E-state index contributed by atoms with van der Waals surface area (Å²) in [5, 5.41) is 0. The van der Waals surface area contributed by atoms with Gasteiger partial charge in [-0.1, -0.05) is 48.0 Å². The molecule has 0 bridgehead atoms. The number of carbonyl (C=O) groups excluding carboxylic acids is 1. The van der Waals surface area contributed by atoms with Gasteiger partial charge < -0.3 is 14.5 Å². The van der Waals surface area contributed by atoms with Gasteiger partial charge in [-0.05, 0) is 45.5 Å². The molecule has 0 saturated heterocycles. The quantitative estimate of drug-likeness (QED) is 0.834. The number of hydrogen-bond acceptors (Lipinski definition) is 3. The van der Waals surface area contributed by atoms with Crippen LogP contribution < -0.4 is 4.74 Å². The summed E-state index contributed by atoms with van der Waals surface area (Å²) in [6, 6.07) is 16.6. The molecule has 1 heterocycles. The number of benzene rings is 2. The maximum absolute atomic E-state index is 13.8. The van der Waals surface area contributed by atoms with Crippen LogP contribution in [0.15, 0.2) is 48.5 Å². The maximum Gasteiger partial charge on any atom is 0.233 e. The summed E-state index contributed by atoms with van der Waals surface area (Å²) < 4.78 is 6.12. The van der Waals surface area contributed by atoms with Crippen molar-refractivity contribution in [3.63, 3.8) is 0 Å². The van der Waals surface area contributed by atoms with Gasteiger partial charge in [0.15, 0.2) is 0 Å². The van der Waals surface area contributed by atoms with E-state index in [0.717, 1.165) is 36.3 Å². The van der Waals surface area contributed by atoms with Crippen LogP contribution in [0.4, 0.5) is 0 Å². The van der Waals surface area contributed by atoms with Crippen molar-refractivity contribution in [3.05, 3.63) is 65.2 Å². The lowest BCUT2D eigenvalue weighted by Gasteiger charge is -2.34. The molecule has 0 spiro atoms. The van der Waals surface area contributed by atoms with E-state index in [1.165, 1.54) is 5.56 Å². The second-order valence-corrected chi connectivity index (χ2v) is 8.22. The fourth-order valence-electron chi connectivity index (χ4n) is 4.15. The first-order chi connectivity index (χ1) is 13.0. The number of hydrogen-bond donors (Lipinski definition) is 0. The number of likely N-dealkylation sites (N-methyl/N-ethyl adjacent to an activating group) is 1. The van der Waals surface area contributed by atoms with E-state index < -0.39 is 0 Å². The SMILES string of the molecule is Cc1ccc2c(c1)CN(C(=O)C1(c3ccccc3)CC1)C(CN(C)C)CO2. The van der Waals surface area contributed by atoms with E-state index in [4.69, 9.17) is 4.74 Å². The van der Waals surface area contributed by atoms with Crippen LogP contribution >= 0.6 is 0 Å². The van der Waals surface area contributed by atoms with Gasteiger partial charge in [-0.3, -0.25) is 4.79 Å². The first kappa shape index (κ1) is 18.1. The zero-order chi connectivity index (χ0) is 19.0. The van der Waals surface area contributed by atoms with Crippen molar-refractivity contribution in [2.75, 3.05) is 27.2 Å². The highest BCUT2D eigenvalue weighted by atomic mass is 16.5. The number of carbonyl (C=O) groups is 1. The molecule has 1 amide bonds. The van der Waals surface area contributed by atoms with Gasteiger partial charge in [-0.2, -0.15) is 0 Å². The third-order valence-electron chi connectivity index (χ3n) is 5.75. The molecule has 2 aromatic carbocycles. The molecule has 0 radical (unpaired) electrons. The minimum absolute atomic E-state index is 0.0430. The van der Waals surface area contributed by atoms with E-state index in [0.29, 0.717) is 13.2 Å². The Hall–Kier alpha value is -2.33. The van der Waals surface area contributed by atoms with Gasteiger partial charge in [0.1, 0.15) is 12.4 Å². The van der Waals surface area contributed by atoms with E-state index in [-0.39, 0.29) is 17.4 Å². The summed E-state index contributed by atoms with van der Waals surface area (Å²) in [6.45, 7) is 4.03. The first-order valence-electron chi connectivity index (χ1n) is 9.73. The molecule has 1 saturated carbocycles. The standard InChI is InChI=1S/C23H28N2O2/c1-17-9-10-21-18(13-17)14-25(20(16-27-21)15-24(2)3)22(26)23(11-12-23)19-7-5-4-6-8-19/h4-10,13,20H,11-12,14-16H2,1-3H3. The third-order valence-corrected chi connectivity index (χ3v) is 5.75. The van der Waals surface area contributed by atoms with Gasteiger partial charge in [0.05, 0.1) is 11.5 Å². The molecular weight excluding hydrogens is 336 g/mol. The summed E-state index contributed by atoms with van der Waals surface area (Å²) in [5.41, 5.74) is 3.10. The molecule has 1 aliphatic heterocycles. The Bertz CT molecular complexity index is 828. The van der Waals surface area contributed by atoms with Crippen molar-refractivity contribution in [1.29, 1.82) is 0 Å². The van der Waals surface area contributed by atoms with Gasteiger partial charge in [0, 0.05) is 18.7 Å². The van der Waals surface area contributed by atoms with Crippen LogP contribution in [-0.2, 0) is 16.8 Å². The lowest BCUT2D eigenvalue weighted by Crippen LogP contribution is -2.50. The molecule has 0 N–H and O–H groups in total. The normalized spacial score (nSPS) is 20.6. The number of nitrogens with zero attached hydrogens (tertiary/aromatic N) is 2. The fraction of sp³-hybridized carbons (Fsp3) is 0.435. The molecule has 142 valence electrons. The molecule has 4 nitrogen and oxygen atoms in total. The molecule has 2 aromatic rings. The third kappa shape index (κ3) is 3.46. The molecule has 27 heavy (non-hydrogen) atoms. The van der Waals surface area contributed by atoms with E-state index in [1.54, 1.807) is 0 Å². The van der Waals surface area contributed by atoms with Crippen molar-refractivity contribution in [3.8, 4) is 5.75 Å². The minimum atomic E-state index is -0.347. The Balaban J connectivity index is 1.69. The fourth-order valence-corrected chi connectivity index (χ4v) is 4.15. The van der Waals surface area contributed by atoms with Crippen LogP contribution in [0.2, 0.25) is 0 Å². The summed E-state index contributed by atoms with van der Waals surface area (Å²) in [4.78, 5) is 18.0. The predicted molar refractivity (Wildman–Crippen MR) is 107 cm³/mol. The average Bonchev–Trinajstić information content (AvgIpc) is 3.47. The number of rotatable bonds is 4. The van der Waals surface area contributed by atoms with Gasteiger partial charge in [0.2, 0.25) is 5.91 Å². The first-order valence-corrected chi connectivity index (χ1v) is 9.73. The molecule has 4 heteroatoms. The Morgan fingerprint density at radius 2 is 1.93 bits per heavy atom. The van der Waals surface area contributed by atoms with E-state index in [2.05, 4.69) is 55.1 Å². The monoisotopic (exact) mass is 364 g/mol. The van der Waals surface area contributed by atoms with Crippen molar-refractivity contribution >= 4 is 5.91 Å². The number of ether oxygens (including phenoxy) is 1. The van der Waals surface area contributed by atoms with Gasteiger partial charge in [-0.25, -0.2) is 0 Å². The van der Waals surface area contributed by atoms with Crippen LogP contribution in [0, 0.1) is 6.92 Å². The van der Waals surface area contributed by atoms with Crippen LogP contribution in [0.1, 0.15) is 29.5 Å². The van der Waals surface area contributed by atoms with E-state index in [9.17, 15) is 4.79 Å². The molecule has 1 fully saturated rings. The smallest absolute Gasteiger partial charge is 0.233 e. The zero-order valence-electron chi connectivity index (χ0n) is 16.4. The molecule has 2 aliphatic rings. The predicted octanol–water partition coefficient (Wildman–Crippen LogP) is 3.38. The average molecular weight is 364 g/mol. The molecule has 1 aliphatic carbocycles.